The topological polar surface area (TPSA) is 92.2 Å². The molecule has 0 unspecified atom stereocenters. The van der Waals surface area contributed by atoms with E-state index in [1.54, 1.807) is 18.4 Å². The number of nitrogens with zero attached hydrogens (tertiary/aromatic N) is 3. The number of fused-ring (bicyclic) bond motifs is 1. The zero-order valence-electron chi connectivity index (χ0n) is 20.3. The molecule has 2 heterocycles. The largest absolute Gasteiger partial charge is 0.497 e. The van der Waals surface area contributed by atoms with Crippen molar-refractivity contribution in [3.05, 3.63) is 59.8 Å². The molecule has 182 valence electrons. The lowest BCUT2D eigenvalue weighted by Gasteiger charge is -2.18. The lowest BCUT2D eigenvalue weighted by atomic mass is 10.00. The van der Waals surface area contributed by atoms with Gasteiger partial charge in [0, 0.05) is 19.2 Å². The molecule has 5 rings (SSSR count). The molecule has 2 aromatic heterocycles. The summed E-state index contributed by atoms with van der Waals surface area (Å²) in [7, 11) is 1.67. The molecule has 8 heteroatoms. The van der Waals surface area contributed by atoms with E-state index in [2.05, 4.69) is 23.6 Å². The fourth-order valence-corrected chi connectivity index (χ4v) is 5.92. The van der Waals surface area contributed by atoms with Crippen molar-refractivity contribution in [1.82, 2.24) is 15.0 Å². The fraction of sp³-hybridized carbons (Fsp3) is 0.370. The third-order valence-corrected chi connectivity index (χ3v) is 7.86. The predicted molar refractivity (Wildman–Crippen MR) is 142 cm³/mol. The van der Waals surface area contributed by atoms with Crippen molar-refractivity contribution in [3.8, 4) is 16.3 Å². The molecule has 0 aliphatic heterocycles. The van der Waals surface area contributed by atoms with Crippen LogP contribution in [0.3, 0.4) is 0 Å². The highest BCUT2D eigenvalue weighted by Crippen LogP contribution is 2.39. The van der Waals surface area contributed by atoms with E-state index in [-0.39, 0.29) is 12.6 Å². The van der Waals surface area contributed by atoms with Crippen molar-refractivity contribution in [2.75, 3.05) is 24.4 Å². The Morgan fingerprint density at radius 1 is 1.09 bits per heavy atom. The van der Waals surface area contributed by atoms with E-state index < -0.39 is 0 Å². The van der Waals surface area contributed by atoms with E-state index in [9.17, 15) is 5.11 Å². The van der Waals surface area contributed by atoms with E-state index in [0.717, 1.165) is 56.5 Å². The van der Waals surface area contributed by atoms with Gasteiger partial charge in [0.25, 0.3) is 0 Å². The molecule has 0 amide bonds. The van der Waals surface area contributed by atoms with Crippen molar-refractivity contribution < 1.29 is 9.84 Å². The summed E-state index contributed by atoms with van der Waals surface area (Å²) in [5.41, 5.74) is 3.89. The van der Waals surface area contributed by atoms with Gasteiger partial charge in [0.05, 0.1) is 28.6 Å². The maximum absolute atomic E-state index is 9.76. The number of aliphatic hydroxyl groups is 1. The van der Waals surface area contributed by atoms with Gasteiger partial charge in [-0.3, -0.25) is 0 Å². The monoisotopic (exact) mass is 489 g/mol. The molecule has 35 heavy (non-hydrogen) atoms. The molecule has 0 radical (unpaired) electrons. The van der Waals surface area contributed by atoms with Gasteiger partial charge < -0.3 is 20.5 Å². The van der Waals surface area contributed by atoms with Crippen LogP contribution < -0.4 is 15.4 Å². The van der Waals surface area contributed by atoms with Crippen molar-refractivity contribution in [3.63, 3.8) is 0 Å². The van der Waals surface area contributed by atoms with E-state index in [1.165, 1.54) is 0 Å². The van der Waals surface area contributed by atoms with Crippen LogP contribution in [0.25, 0.3) is 20.8 Å². The first kappa shape index (κ1) is 23.5. The number of rotatable bonds is 8. The summed E-state index contributed by atoms with van der Waals surface area (Å²) in [5.74, 6) is 2.97. The van der Waals surface area contributed by atoms with E-state index >= 15 is 0 Å². The first-order valence-electron chi connectivity index (χ1n) is 12.0. The standard InChI is InChI=1S/C27H31N5O2S/c1-16-11-20(13-19(16)15-33)30-25-24(26-31-22-9-4-5-10-23(22)35-26)17(2)29-27(32-25)28-14-18-7-6-8-21(12-18)34-3/h4-10,12,16,19-20,33H,11,13-15H2,1-3H3,(H2,28,29,30,32)/t16-,19+,20-/m0/s1. The minimum Gasteiger partial charge on any atom is -0.497 e. The highest BCUT2D eigenvalue weighted by Gasteiger charge is 2.32. The van der Waals surface area contributed by atoms with Crippen LogP contribution in [0.1, 0.15) is 31.0 Å². The van der Waals surface area contributed by atoms with Gasteiger partial charge in [0.1, 0.15) is 16.6 Å². The van der Waals surface area contributed by atoms with Crippen LogP contribution >= 0.6 is 11.3 Å². The summed E-state index contributed by atoms with van der Waals surface area (Å²) in [5, 5.41) is 17.7. The Morgan fingerprint density at radius 2 is 1.94 bits per heavy atom. The number of hydrogen-bond acceptors (Lipinski definition) is 8. The quantitative estimate of drug-likeness (QED) is 0.301. The molecule has 1 saturated carbocycles. The molecule has 1 aliphatic rings. The van der Waals surface area contributed by atoms with Gasteiger partial charge in [-0.05, 0) is 61.4 Å². The zero-order chi connectivity index (χ0) is 24.4. The first-order valence-corrected chi connectivity index (χ1v) is 12.8. The Bertz CT molecular complexity index is 1290. The summed E-state index contributed by atoms with van der Waals surface area (Å²) in [6.45, 7) is 5.03. The maximum atomic E-state index is 9.76. The maximum Gasteiger partial charge on any atom is 0.225 e. The molecule has 0 bridgehead atoms. The second kappa shape index (κ2) is 10.2. The van der Waals surface area contributed by atoms with Crippen LogP contribution in [-0.2, 0) is 6.54 Å². The molecule has 3 N–H and O–H groups in total. The molecule has 0 spiro atoms. The predicted octanol–water partition coefficient (Wildman–Crippen LogP) is 5.50. The number of aliphatic hydroxyl groups excluding tert-OH is 1. The van der Waals surface area contributed by atoms with Crippen LogP contribution in [-0.4, -0.2) is 39.8 Å². The minimum absolute atomic E-state index is 0.222. The molecule has 0 saturated heterocycles. The number of aryl methyl sites for hydroxylation is 1. The van der Waals surface area contributed by atoms with E-state index in [4.69, 9.17) is 19.7 Å². The number of anilines is 2. The summed E-state index contributed by atoms with van der Waals surface area (Å²) >= 11 is 1.66. The van der Waals surface area contributed by atoms with Crippen LogP contribution in [0, 0.1) is 18.8 Å². The molecular formula is C27H31N5O2S. The average Bonchev–Trinajstić information content (AvgIpc) is 3.45. The number of aromatic nitrogens is 3. The molecule has 7 nitrogen and oxygen atoms in total. The van der Waals surface area contributed by atoms with Gasteiger partial charge in [-0.1, -0.05) is 31.2 Å². The van der Waals surface area contributed by atoms with Crippen molar-refractivity contribution in [1.29, 1.82) is 0 Å². The highest BCUT2D eigenvalue weighted by molar-refractivity contribution is 7.21. The Kier molecular flexibility index (Phi) is 6.83. The minimum atomic E-state index is 0.222. The van der Waals surface area contributed by atoms with Crippen LogP contribution in [0.5, 0.6) is 5.75 Å². The Hall–Kier alpha value is -3.23. The SMILES string of the molecule is COc1cccc(CNc2nc(C)c(-c3nc4ccccc4s3)c(N[C@@H]3C[C@H](CO)[C@@H](C)C3)n2)c1. The van der Waals surface area contributed by atoms with Gasteiger partial charge in [-0.2, -0.15) is 4.98 Å². The second-order valence-corrected chi connectivity index (χ2v) is 10.3. The normalized spacial score (nSPS) is 19.7. The third kappa shape index (κ3) is 5.09. The number of para-hydroxylation sites is 1. The highest BCUT2D eigenvalue weighted by atomic mass is 32.1. The van der Waals surface area contributed by atoms with Gasteiger partial charge in [0.15, 0.2) is 0 Å². The zero-order valence-corrected chi connectivity index (χ0v) is 21.1. The van der Waals surface area contributed by atoms with Crippen LogP contribution in [0.15, 0.2) is 48.5 Å². The average molecular weight is 490 g/mol. The molecule has 1 aliphatic carbocycles. The van der Waals surface area contributed by atoms with Gasteiger partial charge >= 0.3 is 0 Å². The molecule has 2 aromatic carbocycles. The Balaban J connectivity index is 1.47. The fourth-order valence-electron chi connectivity index (χ4n) is 4.86. The number of ether oxygens (including phenoxy) is 1. The summed E-state index contributed by atoms with van der Waals surface area (Å²) < 4.78 is 6.48. The van der Waals surface area contributed by atoms with E-state index in [1.807, 2.05) is 49.4 Å². The number of methoxy groups -OCH3 is 1. The number of nitrogens with one attached hydrogen (secondary N) is 2. The Morgan fingerprint density at radius 3 is 2.71 bits per heavy atom. The summed E-state index contributed by atoms with van der Waals surface area (Å²) in [4.78, 5) is 14.6. The first-order chi connectivity index (χ1) is 17.0. The van der Waals surface area contributed by atoms with Gasteiger partial charge in [-0.15, -0.1) is 11.3 Å². The molecule has 4 aromatic rings. The number of thiazole rings is 1. The van der Waals surface area contributed by atoms with Crippen molar-refractivity contribution in [2.45, 2.75) is 39.3 Å². The van der Waals surface area contributed by atoms with E-state index in [0.29, 0.717) is 24.3 Å². The van der Waals surface area contributed by atoms with Gasteiger partial charge in [0.2, 0.25) is 5.95 Å². The van der Waals surface area contributed by atoms with Crippen LogP contribution in [0.2, 0.25) is 0 Å². The lowest BCUT2D eigenvalue weighted by molar-refractivity contribution is 0.201. The molecular weight excluding hydrogens is 458 g/mol. The lowest BCUT2D eigenvalue weighted by Crippen LogP contribution is -2.19. The number of benzene rings is 2. The summed E-state index contributed by atoms with van der Waals surface area (Å²) in [6.07, 6.45) is 1.92. The molecule has 1 fully saturated rings. The van der Waals surface area contributed by atoms with Crippen molar-refractivity contribution >= 4 is 33.3 Å². The molecule has 3 atom stereocenters. The smallest absolute Gasteiger partial charge is 0.225 e. The summed E-state index contributed by atoms with van der Waals surface area (Å²) in [6, 6.07) is 16.4. The third-order valence-electron chi connectivity index (χ3n) is 6.81. The number of hydrogen-bond donors (Lipinski definition) is 3. The van der Waals surface area contributed by atoms with Gasteiger partial charge in [-0.25, -0.2) is 9.97 Å². The second-order valence-electron chi connectivity index (χ2n) is 9.28. The van der Waals surface area contributed by atoms with Crippen LogP contribution in [0.4, 0.5) is 11.8 Å². The van der Waals surface area contributed by atoms with Crippen molar-refractivity contribution in [2.24, 2.45) is 11.8 Å². The Labute approximate surface area is 209 Å².